The second-order valence-electron chi connectivity index (χ2n) is 3.74. The van der Waals surface area contributed by atoms with Crippen molar-refractivity contribution in [3.63, 3.8) is 0 Å². The molecule has 1 aromatic carbocycles. The van der Waals surface area contributed by atoms with E-state index in [-0.39, 0.29) is 5.78 Å². The summed E-state index contributed by atoms with van der Waals surface area (Å²) < 4.78 is 0. The summed E-state index contributed by atoms with van der Waals surface area (Å²) in [5.74, 6) is 0.716. The first kappa shape index (κ1) is 8.30. The van der Waals surface area contributed by atoms with Crippen LogP contribution in [0.25, 0.3) is 0 Å². The van der Waals surface area contributed by atoms with Gasteiger partial charge < -0.3 is 5.32 Å². The minimum absolute atomic E-state index is 0.199. The molecule has 0 radical (unpaired) electrons. The summed E-state index contributed by atoms with van der Waals surface area (Å²) in [6.07, 6.45) is 0. The van der Waals surface area contributed by atoms with E-state index in [1.54, 1.807) is 0 Å². The van der Waals surface area contributed by atoms with Gasteiger partial charge in [0.15, 0.2) is 5.78 Å². The van der Waals surface area contributed by atoms with Gasteiger partial charge in [0.05, 0.1) is 6.54 Å². The number of ketones is 1. The number of fused-ring (bicyclic) bond motifs is 1. The third-order valence-corrected chi connectivity index (χ3v) is 2.45. The topological polar surface area (TPSA) is 29.1 Å². The first-order chi connectivity index (χ1) is 6.18. The molecule has 0 aliphatic carbocycles. The molecule has 2 heteroatoms. The highest BCUT2D eigenvalue weighted by Crippen LogP contribution is 2.26. The SMILES string of the molecule is CC(C)c1ccc2c(c1)NCC2=O. The van der Waals surface area contributed by atoms with Gasteiger partial charge in [0.2, 0.25) is 0 Å². The Kier molecular flexibility index (Phi) is 1.83. The Hall–Kier alpha value is -1.31. The number of rotatable bonds is 1. The number of carbonyl (C=O) groups excluding carboxylic acids is 1. The van der Waals surface area contributed by atoms with Crippen LogP contribution < -0.4 is 5.32 Å². The van der Waals surface area contributed by atoms with E-state index in [9.17, 15) is 4.79 Å². The van der Waals surface area contributed by atoms with Crippen molar-refractivity contribution in [3.05, 3.63) is 29.3 Å². The molecule has 0 unspecified atom stereocenters. The maximum absolute atomic E-state index is 11.3. The van der Waals surface area contributed by atoms with E-state index in [2.05, 4.69) is 25.2 Å². The van der Waals surface area contributed by atoms with Gasteiger partial charge in [0.1, 0.15) is 0 Å². The Bertz CT molecular complexity index is 355. The third kappa shape index (κ3) is 1.32. The maximum Gasteiger partial charge on any atom is 0.183 e. The van der Waals surface area contributed by atoms with Gasteiger partial charge in [-0.05, 0) is 23.6 Å². The van der Waals surface area contributed by atoms with Crippen LogP contribution in [0.2, 0.25) is 0 Å². The van der Waals surface area contributed by atoms with Crippen molar-refractivity contribution in [1.29, 1.82) is 0 Å². The second kappa shape index (κ2) is 2.87. The largest absolute Gasteiger partial charge is 0.377 e. The summed E-state index contributed by atoms with van der Waals surface area (Å²) in [7, 11) is 0. The van der Waals surface area contributed by atoms with Crippen LogP contribution in [0.5, 0.6) is 0 Å². The van der Waals surface area contributed by atoms with Crippen LogP contribution in [0.15, 0.2) is 18.2 Å². The number of hydrogen-bond acceptors (Lipinski definition) is 2. The summed E-state index contributed by atoms with van der Waals surface area (Å²) in [4.78, 5) is 11.3. The molecule has 68 valence electrons. The standard InChI is InChI=1S/C11H13NO/c1-7(2)8-3-4-9-10(5-8)12-6-11(9)13/h3-5,7,12H,6H2,1-2H3. The zero-order chi connectivity index (χ0) is 9.42. The predicted molar refractivity (Wildman–Crippen MR) is 53.4 cm³/mol. The van der Waals surface area contributed by atoms with E-state index < -0.39 is 0 Å². The normalized spacial score (nSPS) is 14.5. The van der Waals surface area contributed by atoms with Gasteiger partial charge in [-0.25, -0.2) is 0 Å². The van der Waals surface area contributed by atoms with Crippen molar-refractivity contribution in [2.24, 2.45) is 0 Å². The zero-order valence-corrected chi connectivity index (χ0v) is 7.92. The first-order valence-electron chi connectivity index (χ1n) is 4.59. The third-order valence-electron chi connectivity index (χ3n) is 2.45. The summed E-state index contributed by atoms with van der Waals surface area (Å²) in [5, 5.41) is 3.10. The summed E-state index contributed by atoms with van der Waals surface area (Å²) in [5.41, 5.74) is 3.11. The fourth-order valence-electron chi connectivity index (χ4n) is 1.58. The van der Waals surface area contributed by atoms with E-state index in [1.165, 1.54) is 5.56 Å². The van der Waals surface area contributed by atoms with Crippen LogP contribution in [0.4, 0.5) is 5.69 Å². The molecule has 1 aliphatic heterocycles. The van der Waals surface area contributed by atoms with Gasteiger partial charge in [0, 0.05) is 11.3 Å². The quantitative estimate of drug-likeness (QED) is 0.710. The Labute approximate surface area is 78.0 Å². The molecule has 0 amide bonds. The number of nitrogens with one attached hydrogen (secondary N) is 1. The van der Waals surface area contributed by atoms with Crippen LogP contribution in [-0.4, -0.2) is 12.3 Å². The lowest BCUT2D eigenvalue weighted by molar-refractivity contribution is 0.101. The van der Waals surface area contributed by atoms with Crippen LogP contribution in [-0.2, 0) is 0 Å². The molecular weight excluding hydrogens is 162 g/mol. The number of hydrogen-bond donors (Lipinski definition) is 1. The highest BCUT2D eigenvalue weighted by Gasteiger charge is 2.18. The predicted octanol–water partition coefficient (Wildman–Crippen LogP) is 2.42. The smallest absolute Gasteiger partial charge is 0.183 e. The molecule has 1 aromatic rings. The number of carbonyl (C=O) groups is 1. The van der Waals surface area contributed by atoms with E-state index in [0.29, 0.717) is 12.5 Å². The van der Waals surface area contributed by atoms with E-state index in [1.807, 2.05) is 12.1 Å². The van der Waals surface area contributed by atoms with Crippen molar-refractivity contribution >= 4 is 11.5 Å². The van der Waals surface area contributed by atoms with Gasteiger partial charge in [-0.2, -0.15) is 0 Å². The van der Waals surface area contributed by atoms with Gasteiger partial charge in [0.25, 0.3) is 0 Å². The minimum Gasteiger partial charge on any atom is -0.377 e. The number of Topliss-reactive ketones (excluding diaryl/α,β-unsaturated/α-hetero) is 1. The molecule has 1 aliphatic rings. The average molecular weight is 175 g/mol. The van der Waals surface area contributed by atoms with Crippen molar-refractivity contribution < 1.29 is 4.79 Å². The molecule has 0 saturated carbocycles. The maximum atomic E-state index is 11.3. The molecule has 0 atom stereocenters. The molecule has 13 heavy (non-hydrogen) atoms. The Morgan fingerprint density at radius 1 is 1.38 bits per heavy atom. The van der Waals surface area contributed by atoms with Gasteiger partial charge >= 0.3 is 0 Å². The molecule has 2 nitrogen and oxygen atoms in total. The van der Waals surface area contributed by atoms with E-state index >= 15 is 0 Å². The molecule has 0 saturated heterocycles. The summed E-state index contributed by atoms with van der Waals surface area (Å²) in [6.45, 7) is 4.76. The lowest BCUT2D eigenvalue weighted by Gasteiger charge is -2.06. The van der Waals surface area contributed by atoms with Crippen LogP contribution >= 0.6 is 0 Å². The fourth-order valence-corrected chi connectivity index (χ4v) is 1.58. The fraction of sp³-hybridized carbons (Fsp3) is 0.364. The van der Waals surface area contributed by atoms with Crippen molar-refractivity contribution in [3.8, 4) is 0 Å². The van der Waals surface area contributed by atoms with Gasteiger partial charge in [-0.15, -0.1) is 0 Å². The number of benzene rings is 1. The zero-order valence-electron chi connectivity index (χ0n) is 7.92. The van der Waals surface area contributed by atoms with Gasteiger partial charge in [-0.3, -0.25) is 4.79 Å². The van der Waals surface area contributed by atoms with Crippen molar-refractivity contribution in [2.75, 3.05) is 11.9 Å². The molecule has 0 aromatic heterocycles. The lowest BCUT2D eigenvalue weighted by atomic mass is 10.0. The van der Waals surface area contributed by atoms with Crippen LogP contribution in [0, 0.1) is 0 Å². The monoisotopic (exact) mass is 175 g/mol. The van der Waals surface area contributed by atoms with E-state index in [4.69, 9.17) is 0 Å². The highest BCUT2D eigenvalue weighted by atomic mass is 16.1. The Morgan fingerprint density at radius 3 is 2.85 bits per heavy atom. The second-order valence-corrected chi connectivity index (χ2v) is 3.74. The molecule has 0 bridgehead atoms. The number of anilines is 1. The molecule has 1 heterocycles. The lowest BCUT2D eigenvalue weighted by Crippen LogP contribution is -2.00. The summed E-state index contributed by atoms with van der Waals surface area (Å²) >= 11 is 0. The molecule has 1 N–H and O–H groups in total. The molecule has 0 fully saturated rings. The highest BCUT2D eigenvalue weighted by molar-refractivity contribution is 6.07. The Morgan fingerprint density at radius 2 is 2.15 bits per heavy atom. The first-order valence-corrected chi connectivity index (χ1v) is 4.59. The van der Waals surface area contributed by atoms with Crippen LogP contribution in [0.3, 0.4) is 0 Å². The van der Waals surface area contributed by atoms with E-state index in [0.717, 1.165) is 11.3 Å². The summed E-state index contributed by atoms with van der Waals surface area (Å²) in [6, 6.07) is 6.03. The Balaban J connectivity index is 2.45. The van der Waals surface area contributed by atoms with Crippen molar-refractivity contribution in [1.82, 2.24) is 0 Å². The van der Waals surface area contributed by atoms with Crippen LogP contribution in [0.1, 0.15) is 35.7 Å². The minimum atomic E-state index is 0.199. The average Bonchev–Trinajstić information content (AvgIpc) is 2.47. The molecular formula is C11H13NO. The molecule has 2 rings (SSSR count). The van der Waals surface area contributed by atoms with Crippen molar-refractivity contribution in [2.45, 2.75) is 19.8 Å². The van der Waals surface area contributed by atoms with Gasteiger partial charge in [-0.1, -0.05) is 19.9 Å². The molecule has 0 spiro atoms.